The van der Waals surface area contributed by atoms with Crippen molar-refractivity contribution < 1.29 is 34.9 Å². The van der Waals surface area contributed by atoms with Crippen LogP contribution in [0.15, 0.2) is 46.3 Å². The van der Waals surface area contributed by atoms with Crippen molar-refractivity contribution in [3.63, 3.8) is 0 Å². The molecule has 3 aromatic rings. The summed E-state index contributed by atoms with van der Waals surface area (Å²) in [5, 5.41) is 2.23. The smallest absolute Gasteiger partial charge is 0.362 e. The van der Waals surface area contributed by atoms with E-state index in [-0.39, 0.29) is 19.5 Å². The summed E-state index contributed by atoms with van der Waals surface area (Å²) in [6.07, 6.45) is 1.90. The molecule has 0 saturated carbocycles. The van der Waals surface area contributed by atoms with Crippen molar-refractivity contribution in [1.82, 2.24) is 4.72 Å². The maximum Gasteiger partial charge on any atom is 0.362 e. The predicted molar refractivity (Wildman–Crippen MR) is 143 cm³/mol. The Morgan fingerprint density at radius 1 is 1.16 bits per heavy atom. The van der Waals surface area contributed by atoms with Gasteiger partial charge in [-0.05, 0) is 36.8 Å². The first-order chi connectivity index (χ1) is 17.3. The summed E-state index contributed by atoms with van der Waals surface area (Å²) < 4.78 is 65.4. The van der Waals surface area contributed by atoms with Gasteiger partial charge in [0, 0.05) is 33.3 Å². The number of anilines is 1. The van der Waals surface area contributed by atoms with Gasteiger partial charge in [-0.1, -0.05) is 46.3 Å². The molecule has 0 radical (unpaired) electrons. The standard InChI is InChI=1S/C21H19Cl2N3O7S4/c1-33-37(31,32)24-19(27)12-26-16-10-14(23)4-6-18(16)35-21(26)11-20-25(7-2-8-36(28,29)30)15-9-13(22)3-5-17(15)34-20/h3-6,9-11H,2,7-8,12H2,1H3,(H-,24,27,28,29,30). The van der Waals surface area contributed by atoms with Crippen LogP contribution in [-0.2, 0) is 35.9 Å². The highest BCUT2D eigenvalue weighted by atomic mass is 35.5. The van der Waals surface area contributed by atoms with Gasteiger partial charge < -0.3 is 9.45 Å². The van der Waals surface area contributed by atoms with Crippen LogP contribution in [0.2, 0.25) is 10.0 Å². The van der Waals surface area contributed by atoms with Crippen LogP contribution in [0, 0.1) is 0 Å². The Morgan fingerprint density at radius 3 is 2.57 bits per heavy atom. The number of benzene rings is 2. The van der Waals surface area contributed by atoms with E-state index in [9.17, 15) is 26.2 Å². The second-order valence-corrected chi connectivity index (χ2v) is 13.7. The molecule has 198 valence electrons. The van der Waals surface area contributed by atoms with E-state index in [1.807, 2.05) is 15.7 Å². The monoisotopic (exact) mass is 623 g/mol. The van der Waals surface area contributed by atoms with Crippen LogP contribution in [-0.4, -0.2) is 46.7 Å². The average Bonchev–Trinajstić information content (AvgIpc) is 3.30. The number of nitrogens with one attached hydrogen (secondary N) is 1. The molecule has 2 heterocycles. The second kappa shape index (κ2) is 11.1. The molecule has 0 atom stereocenters. The van der Waals surface area contributed by atoms with E-state index in [0.29, 0.717) is 25.6 Å². The van der Waals surface area contributed by atoms with Crippen LogP contribution in [0.4, 0.5) is 5.69 Å². The molecular weight excluding hydrogens is 605 g/mol. The number of hydrogen-bond donors (Lipinski definition) is 1. The number of nitrogens with zero attached hydrogens (tertiary/aromatic N) is 2. The van der Waals surface area contributed by atoms with E-state index in [4.69, 9.17) is 23.2 Å². The number of carbonyl (C=O) groups is 1. The van der Waals surface area contributed by atoms with E-state index >= 15 is 0 Å². The largest absolute Gasteiger partial charge is 0.748 e. The molecule has 0 saturated heterocycles. The Kier molecular flexibility index (Phi) is 8.40. The third-order valence-electron chi connectivity index (χ3n) is 5.17. The van der Waals surface area contributed by atoms with Crippen LogP contribution < -0.4 is 14.2 Å². The van der Waals surface area contributed by atoms with E-state index in [1.165, 1.54) is 23.1 Å². The van der Waals surface area contributed by atoms with E-state index in [2.05, 4.69) is 4.18 Å². The lowest BCUT2D eigenvalue weighted by atomic mass is 10.2. The molecule has 0 bridgehead atoms. The minimum Gasteiger partial charge on any atom is -0.748 e. The Hall–Kier alpha value is -1.91. The highest BCUT2D eigenvalue weighted by Crippen LogP contribution is 2.47. The number of halogens is 2. The highest BCUT2D eigenvalue weighted by Gasteiger charge is 2.30. The van der Waals surface area contributed by atoms with Gasteiger partial charge in [0.1, 0.15) is 4.70 Å². The van der Waals surface area contributed by atoms with Gasteiger partial charge >= 0.3 is 16.2 Å². The minimum absolute atomic E-state index is 0.0923. The van der Waals surface area contributed by atoms with Crippen LogP contribution in [0.1, 0.15) is 11.4 Å². The third-order valence-corrected chi connectivity index (χ3v) is 9.57. The van der Waals surface area contributed by atoms with Crippen LogP contribution in [0.3, 0.4) is 0 Å². The van der Waals surface area contributed by atoms with Crippen molar-refractivity contribution >= 4 is 94.6 Å². The van der Waals surface area contributed by atoms with Gasteiger partial charge in [-0.15, -0.1) is 0 Å². The fourth-order valence-corrected chi connectivity index (χ4v) is 7.12. The quantitative estimate of drug-likeness (QED) is 0.281. The molecule has 37 heavy (non-hydrogen) atoms. The van der Waals surface area contributed by atoms with Gasteiger partial charge in [0.05, 0.1) is 34.0 Å². The molecule has 10 nitrogen and oxygen atoms in total. The summed E-state index contributed by atoms with van der Waals surface area (Å²) in [6.45, 7) is -0.114. The lowest BCUT2D eigenvalue weighted by Gasteiger charge is -2.20. The van der Waals surface area contributed by atoms with Gasteiger partial charge in [0.15, 0.2) is 0 Å². The fraction of sp³-hybridized carbons (Fsp3) is 0.238. The highest BCUT2D eigenvalue weighted by molar-refractivity contribution is 8.04. The Morgan fingerprint density at radius 2 is 1.86 bits per heavy atom. The molecule has 16 heteroatoms. The summed E-state index contributed by atoms with van der Waals surface area (Å²) in [5.74, 6) is -1.34. The van der Waals surface area contributed by atoms with Crippen molar-refractivity contribution in [2.45, 2.75) is 17.9 Å². The summed E-state index contributed by atoms with van der Waals surface area (Å²) in [5.41, 5.74) is 1.37. The molecule has 0 fully saturated rings. The maximum atomic E-state index is 12.6. The molecule has 4 rings (SSSR count). The number of hydrogen-bond acceptors (Lipinski definition) is 10. The number of amides is 1. The van der Waals surface area contributed by atoms with Crippen LogP contribution in [0.25, 0.3) is 16.3 Å². The Balaban J connectivity index is 1.76. The van der Waals surface area contributed by atoms with Crippen LogP contribution >= 0.6 is 46.3 Å². The first kappa shape index (κ1) is 28.1. The van der Waals surface area contributed by atoms with Gasteiger partial charge in [-0.25, -0.2) is 13.1 Å². The Labute approximate surface area is 231 Å². The average molecular weight is 625 g/mol. The molecule has 0 aliphatic carbocycles. The number of thioether (sulfide) groups is 1. The first-order valence-electron chi connectivity index (χ1n) is 10.5. The number of fused-ring (bicyclic) bond motifs is 2. The van der Waals surface area contributed by atoms with E-state index in [1.54, 1.807) is 41.0 Å². The molecule has 1 aromatic heterocycles. The summed E-state index contributed by atoms with van der Waals surface area (Å²) in [4.78, 5) is 15.3. The molecule has 1 amide bonds. The first-order valence-corrected chi connectivity index (χ1v) is 15.9. The molecule has 0 unspecified atom stereocenters. The van der Waals surface area contributed by atoms with E-state index < -0.39 is 32.1 Å². The molecule has 1 N–H and O–H groups in total. The number of aromatic nitrogens is 1. The predicted octanol–water partition coefficient (Wildman–Crippen LogP) is 3.35. The Bertz CT molecular complexity index is 1620. The maximum absolute atomic E-state index is 12.6. The second-order valence-electron chi connectivity index (χ2n) is 7.75. The zero-order chi connectivity index (χ0) is 27.0. The van der Waals surface area contributed by atoms with E-state index in [0.717, 1.165) is 22.4 Å². The number of thiazole rings is 1. The third kappa shape index (κ3) is 6.95. The zero-order valence-electron chi connectivity index (χ0n) is 19.0. The van der Waals surface area contributed by atoms with Gasteiger partial charge in [0.2, 0.25) is 12.1 Å². The van der Waals surface area contributed by atoms with Crippen molar-refractivity contribution in [1.29, 1.82) is 0 Å². The molecule has 0 spiro atoms. The minimum atomic E-state index is -4.38. The topological polar surface area (TPSA) is 137 Å². The van der Waals surface area contributed by atoms with Crippen LogP contribution in [0.5, 0.6) is 0 Å². The van der Waals surface area contributed by atoms with Crippen molar-refractivity contribution in [3.8, 4) is 0 Å². The van der Waals surface area contributed by atoms with Crippen molar-refractivity contribution in [3.05, 3.63) is 56.5 Å². The van der Waals surface area contributed by atoms with Crippen molar-refractivity contribution in [2.24, 2.45) is 0 Å². The molecule has 1 aliphatic rings. The molecule has 1 aliphatic heterocycles. The lowest BCUT2D eigenvalue weighted by Crippen LogP contribution is -2.45. The normalized spacial score (nSPS) is 14.9. The molecule has 2 aromatic carbocycles. The van der Waals surface area contributed by atoms with Crippen molar-refractivity contribution in [2.75, 3.05) is 24.3 Å². The number of rotatable bonds is 9. The molecular formula is C21H19Cl2N3O7S4. The van der Waals surface area contributed by atoms with Gasteiger partial charge in [-0.2, -0.15) is 13.0 Å². The van der Waals surface area contributed by atoms with Gasteiger partial charge in [-0.3, -0.25) is 8.98 Å². The summed E-state index contributed by atoms with van der Waals surface area (Å²) in [7, 11) is -7.69. The zero-order valence-corrected chi connectivity index (χ0v) is 23.8. The lowest BCUT2D eigenvalue weighted by molar-refractivity contribution is -0.655. The summed E-state index contributed by atoms with van der Waals surface area (Å²) >= 11 is 15.2. The fourth-order valence-electron chi connectivity index (χ4n) is 3.62. The SMILES string of the molecule is COS(=O)(=O)NC(=O)C[n+]1c(C=C2Sc3ccc(Cl)cc3N2CCCS(=O)(=O)[O-])sc2ccc(Cl)cc21. The van der Waals surface area contributed by atoms with Gasteiger partial charge in [0.25, 0.3) is 5.01 Å². The number of carbonyl (C=O) groups excluding carboxylic acids is 1. The summed E-state index contributed by atoms with van der Waals surface area (Å²) in [6, 6.07) is 10.5.